The zero-order chi connectivity index (χ0) is 24.8. The second kappa shape index (κ2) is 11.4. The van der Waals surface area contributed by atoms with Gasteiger partial charge in [0, 0.05) is 15.0 Å². The Hall–Kier alpha value is -2.57. The molecule has 3 atom stereocenters. The van der Waals surface area contributed by atoms with Gasteiger partial charge in [-0.2, -0.15) is 0 Å². The molecule has 0 aliphatic carbocycles. The Kier molecular flexibility index (Phi) is 8.34. The second-order valence-corrected chi connectivity index (χ2v) is 9.83. The van der Waals surface area contributed by atoms with Crippen molar-refractivity contribution in [1.82, 2.24) is 0 Å². The van der Waals surface area contributed by atoms with Crippen LogP contribution in [0.15, 0.2) is 77.9 Å². The van der Waals surface area contributed by atoms with E-state index in [1.165, 1.54) is 0 Å². The lowest BCUT2D eigenvalue weighted by Crippen LogP contribution is -2.42. The number of rotatable bonds is 9. The molecule has 182 valence electrons. The van der Waals surface area contributed by atoms with E-state index in [9.17, 15) is 5.53 Å². The molecule has 6 nitrogen and oxygen atoms in total. The summed E-state index contributed by atoms with van der Waals surface area (Å²) in [4.78, 5) is 3.12. The lowest BCUT2D eigenvalue weighted by molar-refractivity contribution is -0.160. The van der Waals surface area contributed by atoms with Crippen LogP contribution in [0.2, 0.25) is 10.0 Å². The van der Waals surface area contributed by atoms with Crippen LogP contribution in [0.4, 0.5) is 0 Å². The van der Waals surface area contributed by atoms with Gasteiger partial charge in [-0.3, -0.25) is 0 Å². The standard InChI is InChI=1S/C27H27Cl2N3O3/c1-27(2)34-17-25(35-27)26(33-16-19-6-4-3-5-7-19)24(31-32-30)12-18-8-10-20(11-9-18)21-13-22(28)15-23(29)14-21/h3-11,13-15,24-26H,12,16-17H2,1-2H3/t24-,25-,26-/m0/s1. The van der Waals surface area contributed by atoms with E-state index in [0.29, 0.717) is 29.7 Å². The highest BCUT2D eigenvalue weighted by atomic mass is 35.5. The van der Waals surface area contributed by atoms with Crippen LogP contribution < -0.4 is 0 Å². The van der Waals surface area contributed by atoms with Crippen LogP contribution in [-0.2, 0) is 27.2 Å². The molecule has 1 aliphatic rings. The predicted molar refractivity (Wildman–Crippen MR) is 138 cm³/mol. The van der Waals surface area contributed by atoms with Crippen LogP contribution in [0.1, 0.15) is 25.0 Å². The van der Waals surface area contributed by atoms with Gasteiger partial charge in [-0.25, -0.2) is 0 Å². The van der Waals surface area contributed by atoms with E-state index in [-0.39, 0.29) is 6.10 Å². The summed E-state index contributed by atoms with van der Waals surface area (Å²) in [6.45, 7) is 4.46. The maximum atomic E-state index is 9.34. The minimum absolute atomic E-state index is 0.359. The van der Waals surface area contributed by atoms with Gasteiger partial charge in [0.15, 0.2) is 5.79 Å². The Morgan fingerprint density at radius 1 is 1.00 bits per heavy atom. The first-order chi connectivity index (χ1) is 16.8. The molecular weight excluding hydrogens is 485 g/mol. The number of hydrogen-bond donors (Lipinski definition) is 0. The maximum absolute atomic E-state index is 9.34. The van der Waals surface area contributed by atoms with Crippen molar-refractivity contribution in [1.29, 1.82) is 0 Å². The molecule has 0 amide bonds. The van der Waals surface area contributed by atoms with Crippen LogP contribution in [0.25, 0.3) is 21.6 Å². The Labute approximate surface area is 215 Å². The first kappa shape index (κ1) is 25.5. The van der Waals surface area contributed by atoms with Gasteiger partial charge in [0.2, 0.25) is 0 Å². The minimum Gasteiger partial charge on any atom is -0.370 e. The highest BCUT2D eigenvalue weighted by molar-refractivity contribution is 6.35. The molecule has 4 rings (SSSR count). The smallest absolute Gasteiger partial charge is 0.163 e. The lowest BCUT2D eigenvalue weighted by atomic mass is 9.96. The summed E-state index contributed by atoms with van der Waals surface area (Å²) in [5.41, 5.74) is 13.3. The van der Waals surface area contributed by atoms with Crippen LogP contribution in [-0.4, -0.2) is 30.6 Å². The van der Waals surface area contributed by atoms with Crippen LogP contribution in [0, 0.1) is 0 Å². The predicted octanol–water partition coefficient (Wildman–Crippen LogP) is 7.62. The van der Waals surface area contributed by atoms with Gasteiger partial charge < -0.3 is 14.2 Å². The van der Waals surface area contributed by atoms with E-state index in [0.717, 1.165) is 22.3 Å². The highest BCUT2D eigenvalue weighted by Crippen LogP contribution is 2.31. The molecule has 8 heteroatoms. The van der Waals surface area contributed by atoms with E-state index in [4.69, 9.17) is 37.4 Å². The van der Waals surface area contributed by atoms with Gasteiger partial charge in [-0.1, -0.05) is 82.9 Å². The lowest BCUT2D eigenvalue weighted by Gasteiger charge is -2.29. The molecule has 35 heavy (non-hydrogen) atoms. The molecule has 1 saturated heterocycles. The summed E-state index contributed by atoms with van der Waals surface area (Å²) in [6.07, 6.45) is -0.364. The van der Waals surface area contributed by atoms with Crippen molar-refractivity contribution >= 4 is 23.2 Å². The molecule has 0 saturated carbocycles. The molecule has 0 aromatic heterocycles. The van der Waals surface area contributed by atoms with Crippen LogP contribution >= 0.6 is 23.2 Å². The van der Waals surface area contributed by atoms with Crippen molar-refractivity contribution in [3.05, 3.63) is 104 Å². The number of benzene rings is 3. The van der Waals surface area contributed by atoms with Crippen molar-refractivity contribution in [2.45, 2.75) is 50.9 Å². The number of hydrogen-bond acceptors (Lipinski definition) is 4. The monoisotopic (exact) mass is 511 g/mol. The Morgan fingerprint density at radius 2 is 1.69 bits per heavy atom. The Balaban J connectivity index is 1.55. The van der Waals surface area contributed by atoms with E-state index < -0.39 is 17.9 Å². The van der Waals surface area contributed by atoms with Gasteiger partial charge in [-0.05, 0) is 66.3 Å². The molecule has 0 unspecified atom stereocenters. The third kappa shape index (κ3) is 6.98. The third-order valence-corrected chi connectivity index (χ3v) is 6.29. The summed E-state index contributed by atoms with van der Waals surface area (Å²) in [5, 5.41) is 5.28. The fourth-order valence-corrected chi connectivity index (χ4v) is 4.72. The highest BCUT2D eigenvalue weighted by Gasteiger charge is 2.41. The van der Waals surface area contributed by atoms with Gasteiger partial charge in [-0.15, -0.1) is 0 Å². The summed E-state index contributed by atoms with van der Waals surface area (Å²) in [6, 6.07) is 22.9. The Bertz CT molecular complexity index is 1160. The topological polar surface area (TPSA) is 76.5 Å². The van der Waals surface area contributed by atoms with Gasteiger partial charge in [0.25, 0.3) is 0 Å². The summed E-state index contributed by atoms with van der Waals surface area (Å²) >= 11 is 12.3. The molecule has 0 spiro atoms. The molecule has 0 radical (unpaired) electrons. The first-order valence-corrected chi connectivity index (χ1v) is 12.2. The third-order valence-electron chi connectivity index (χ3n) is 5.86. The normalized spacial score (nSPS) is 18.6. The van der Waals surface area contributed by atoms with Crippen molar-refractivity contribution in [3.63, 3.8) is 0 Å². The molecule has 0 N–H and O–H groups in total. The van der Waals surface area contributed by atoms with Gasteiger partial charge in [0.1, 0.15) is 6.10 Å². The van der Waals surface area contributed by atoms with Gasteiger partial charge >= 0.3 is 0 Å². The second-order valence-electron chi connectivity index (χ2n) is 8.96. The zero-order valence-corrected chi connectivity index (χ0v) is 21.1. The van der Waals surface area contributed by atoms with E-state index in [2.05, 4.69) is 10.0 Å². The Morgan fingerprint density at radius 3 is 2.29 bits per heavy atom. The molecular formula is C27H27Cl2N3O3. The SMILES string of the molecule is CC1(C)OC[C@@H]([C@@H](OCc2ccccc2)[C@H](Cc2ccc(-c3cc(Cl)cc(Cl)c3)cc2)N=[N+]=[N-])O1. The first-order valence-electron chi connectivity index (χ1n) is 11.4. The number of azide groups is 1. The van der Waals surface area contributed by atoms with Crippen molar-refractivity contribution < 1.29 is 14.2 Å². The van der Waals surface area contributed by atoms with Crippen LogP contribution in [0.3, 0.4) is 0 Å². The molecule has 3 aromatic rings. The molecule has 1 fully saturated rings. The average molecular weight is 512 g/mol. The fraction of sp³-hybridized carbons (Fsp3) is 0.333. The summed E-state index contributed by atoms with van der Waals surface area (Å²) < 4.78 is 18.2. The van der Waals surface area contributed by atoms with Crippen LogP contribution in [0.5, 0.6) is 0 Å². The van der Waals surface area contributed by atoms with Gasteiger partial charge in [0.05, 0.1) is 25.4 Å². The molecule has 1 heterocycles. The number of ether oxygens (including phenoxy) is 3. The molecule has 1 aliphatic heterocycles. The molecule has 0 bridgehead atoms. The summed E-state index contributed by atoms with van der Waals surface area (Å²) in [7, 11) is 0. The minimum atomic E-state index is -0.722. The number of nitrogens with zero attached hydrogens (tertiary/aromatic N) is 3. The van der Waals surface area contributed by atoms with Crippen molar-refractivity contribution in [2.24, 2.45) is 5.11 Å². The quantitative estimate of drug-likeness (QED) is 0.168. The zero-order valence-electron chi connectivity index (χ0n) is 19.6. The molecule has 3 aromatic carbocycles. The largest absolute Gasteiger partial charge is 0.370 e. The average Bonchev–Trinajstić information content (AvgIpc) is 3.19. The van der Waals surface area contributed by atoms with Crippen molar-refractivity contribution in [3.8, 4) is 11.1 Å². The van der Waals surface area contributed by atoms with Crippen molar-refractivity contribution in [2.75, 3.05) is 6.61 Å². The van der Waals surface area contributed by atoms with E-state index in [1.54, 1.807) is 6.07 Å². The maximum Gasteiger partial charge on any atom is 0.163 e. The fourth-order valence-electron chi connectivity index (χ4n) is 4.19. The summed E-state index contributed by atoms with van der Waals surface area (Å²) in [5.74, 6) is -0.722. The number of halogens is 2. The van der Waals surface area contributed by atoms with E-state index >= 15 is 0 Å². The van der Waals surface area contributed by atoms with E-state index in [1.807, 2.05) is 80.6 Å².